The van der Waals surface area contributed by atoms with Gasteiger partial charge in [0.2, 0.25) is 0 Å². The van der Waals surface area contributed by atoms with Crippen LogP contribution >= 0.6 is 0 Å². The van der Waals surface area contributed by atoms with Crippen LogP contribution in [-0.2, 0) is 17.6 Å². The molecule has 1 aromatic heterocycles. The number of fused-ring (bicyclic) bond motifs is 2. The van der Waals surface area contributed by atoms with E-state index in [1.54, 1.807) is 0 Å². The third kappa shape index (κ3) is 2.14. The van der Waals surface area contributed by atoms with E-state index in [9.17, 15) is 5.26 Å². The van der Waals surface area contributed by atoms with Gasteiger partial charge in [-0.25, -0.2) is 0 Å². The van der Waals surface area contributed by atoms with Crippen LogP contribution in [0.15, 0.2) is 0 Å². The molecule has 20 heavy (non-hydrogen) atoms. The Morgan fingerprint density at radius 2 is 2.15 bits per heavy atom. The molecule has 2 bridgehead atoms. The average Bonchev–Trinajstić information content (AvgIpc) is 3.09. The molecule has 2 fully saturated rings. The highest BCUT2D eigenvalue weighted by Gasteiger charge is 2.41. The van der Waals surface area contributed by atoms with Crippen LogP contribution in [0, 0.1) is 11.3 Å². The molecule has 0 radical (unpaired) electrons. The van der Waals surface area contributed by atoms with Gasteiger partial charge >= 0.3 is 0 Å². The molecule has 106 valence electrons. The number of aromatic nitrogens is 2. The lowest BCUT2D eigenvalue weighted by atomic mass is 9.95. The van der Waals surface area contributed by atoms with Gasteiger partial charge in [0.05, 0.1) is 23.9 Å². The second-order valence-electron chi connectivity index (χ2n) is 5.53. The van der Waals surface area contributed by atoms with Crippen LogP contribution in [0.2, 0.25) is 0 Å². The van der Waals surface area contributed by atoms with E-state index in [1.165, 1.54) is 0 Å². The fraction of sp³-hybridized carbons (Fsp3) is 0.667. The van der Waals surface area contributed by atoms with Crippen molar-refractivity contribution in [2.45, 2.75) is 64.2 Å². The smallest absolute Gasteiger partial charge is 0.167 e. The number of rotatable bonds is 4. The molecule has 5 heteroatoms. The molecule has 0 spiro atoms. The van der Waals surface area contributed by atoms with Crippen molar-refractivity contribution >= 4 is 5.82 Å². The SMILES string of the molecule is CCc1nnc(NC2CC3CCC2O3)c(C#N)c1CC. The molecule has 3 atom stereocenters. The molecule has 0 amide bonds. The maximum atomic E-state index is 9.47. The largest absolute Gasteiger partial charge is 0.373 e. The van der Waals surface area contributed by atoms with Gasteiger partial charge in [0.15, 0.2) is 5.82 Å². The molecule has 0 aromatic carbocycles. The minimum Gasteiger partial charge on any atom is -0.373 e. The molecule has 2 aliphatic heterocycles. The van der Waals surface area contributed by atoms with Gasteiger partial charge in [-0.1, -0.05) is 13.8 Å². The summed E-state index contributed by atoms with van der Waals surface area (Å²) in [5, 5.41) is 21.4. The van der Waals surface area contributed by atoms with E-state index in [0.29, 0.717) is 17.5 Å². The van der Waals surface area contributed by atoms with Gasteiger partial charge in [0, 0.05) is 0 Å². The Morgan fingerprint density at radius 3 is 2.70 bits per heavy atom. The van der Waals surface area contributed by atoms with Crippen molar-refractivity contribution in [3.63, 3.8) is 0 Å². The molecule has 3 heterocycles. The summed E-state index contributed by atoms with van der Waals surface area (Å²) in [5.74, 6) is 0.628. The molecule has 5 nitrogen and oxygen atoms in total. The Morgan fingerprint density at radius 1 is 1.30 bits per heavy atom. The normalized spacial score (nSPS) is 27.6. The van der Waals surface area contributed by atoms with E-state index in [0.717, 1.165) is 43.4 Å². The summed E-state index contributed by atoms with van der Waals surface area (Å²) in [6.45, 7) is 4.10. The number of nitriles is 1. The predicted octanol–water partition coefficient (Wildman–Crippen LogP) is 2.20. The lowest BCUT2D eigenvalue weighted by Gasteiger charge is -2.21. The first-order valence-electron chi connectivity index (χ1n) is 7.47. The molecule has 2 saturated heterocycles. The first kappa shape index (κ1) is 13.3. The summed E-state index contributed by atoms with van der Waals surface area (Å²) < 4.78 is 5.84. The van der Waals surface area contributed by atoms with Crippen LogP contribution in [0.3, 0.4) is 0 Å². The van der Waals surface area contributed by atoms with Crippen molar-refractivity contribution in [1.82, 2.24) is 10.2 Å². The van der Waals surface area contributed by atoms with E-state index in [1.807, 2.05) is 6.92 Å². The molecule has 0 saturated carbocycles. The van der Waals surface area contributed by atoms with Crippen molar-refractivity contribution in [3.05, 3.63) is 16.8 Å². The van der Waals surface area contributed by atoms with E-state index in [2.05, 4.69) is 28.5 Å². The number of anilines is 1. The lowest BCUT2D eigenvalue weighted by molar-refractivity contribution is 0.102. The number of aryl methyl sites for hydroxylation is 1. The number of hydrogen-bond acceptors (Lipinski definition) is 5. The molecular weight excluding hydrogens is 252 g/mol. The monoisotopic (exact) mass is 272 g/mol. The van der Waals surface area contributed by atoms with E-state index < -0.39 is 0 Å². The third-order valence-electron chi connectivity index (χ3n) is 4.39. The van der Waals surface area contributed by atoms with Gasteiger partial charge in [0.25, 0.3) is 0 Å². The number of nitrogens with zero attached hydrogens (tertiary/aromatic N) is 3. The first-order chi connectivity index (χ1) is 9.76. The number of nitrogens with one attached hydrogen (secondary N) is 1. The fourth-order valence-corrected chi connectivity index (χ4v) is 3.36. The molecule has 3 rings (SSSR count). The van der Waals surface area contributed by atoms with Crippen LogP contribution in [0.1, 0.15) is 49.9 Å². The topological polar surface area (TPSA) is 70.8 Å². The van der Waals surface area contributed by atoms with Gasteiger partial charge in [0.1, 0.15) is 11.6 Å². The summed E-state index contributed by atoms with van der Waals surface area (Å²) in [7, 11) is 0. The van der Waals surface area contributed by atoms with Gasteiger partial charge in [-0.3, -0.25) is 0 Å². The standard InChI is InChI=1S/C15H20N4O/c1-3-10-11(8-16)15(19-18-12(10)4-2)17-13-7-9-5-6-14(13)20-9/h9,13-14H,3-7H2,1-2H3,(H,17,19). The second kappa shape index (κ2) is 5.37. The highest BCUT2D eigenvalue weighted by atomic mass is 16.5. The Kier molecular flexibility index (Phi) is 3.58. The molecule has 2 aliphatic rings. The zero-order valence-electron chi connectivity index (χ0n) is 12.0. The quantitative estimate of drug-likeness (QED) is 0.910. The van der Waals surface area contributed by atoms with Crippen LogP contribution < -0.4 is 5.32 Å². The molecule has 0 aliphatic carbocycles. The Bertz CT molecular complexity index is 552. The maximum absolute atomic E-state index is 9.47. The third-order valence-corrected chi connectivity index (χ3v) is 4.39. The van der Waals surface area contributed by atoms with E-state index >= 15 is 0 Å². The second-order valence-corrected chi connectivity index (χ2v) is 5.53. The van der Waals surface area contributed by atoms with E-state index in [4.69, 9.17) is 4.74 Å². The molecular formula is C15H20N4O. The molecule has 1 aromatic rings. The zero-order valence-corrected chi connectivity index (χ0v) is 12.0. The summed E-state index contributed by atoms with van der Waals surface area (Å²) in [5.41, 5.74) is 2.61. The average molecular weight is 272 g/mol. The van der Waals surface area contributed by atoms with Crippen LogP contribution in [-0.4, -0.2) is 28.4 Å². The minimum atomic E-state index is 0.268. The summed E-state index contributed by atoms with van der Waals surface area (Å²) >= 11 is 0. The first-order valence-corrected chi connectivity index (χ1v) is 7.47. The summed E-state index contributed by atoms with van der Waals surface area (Å²) in [4.78, 5) is 0. The fourth-order valence-electron chi connectivity index (χ4n) is 3.36. The Labute approximate surface area is 119 Å². The number of hydrogen-bond donors (Lipinski definition) is 1. The molecule has 3 unspecified atom stereocenters. The Hall–Kier alpha value is -1.67. The van der Waals surface area contributed by atoms with Crippen molar-refractivity contribution in [1.29, 1.82) is 5.26 Å². The van der Waals surface area contributed by atoms with E-state index in [-0.39, 0.29) is 12.1 Å². The van der Waals surface area contributed by atoms with Crippen molar-refractivity contribution in [3.8, 4) is 6.07 Å². The van der Waals surface area contributed by atoms with Crippen LogP contribution in [0.4, 0.5) is 5.82 Å². The highest BCUT2D eigenvalue weighted by molar-refractivity contribution is 5.57. The Balaban J connectivity index is 1.88. The van der Waals surface area contributed by atoms with Gasteiger partial charge in [-0.05, 0) is 37.7 Å². The van der Waals surface area contributed by atoms with Crippen molar-refractivity contribution in [2.75, 3.05) is 5.32 Å². The summed E-state index contributed by atoms with van der Waals surface area (Å²) in [6, 6.07) is 2.57. The zero-order chi connectivity index (χ0) is 14.1. The summed E-state index contributed by atoms with van der Waals surface area (Å²) in [6.07, 6.45) is 5.54. The molecule has 1 N–H and O–H groups in total. The maximum Gasteiger partial charge on any atom is 0.167 e. The van der Waals surface area contributed by atoms with Crippen LogP contribution in [0.5, 0.6) is 0 Å². The van der Waals surface area contributed by atoms with Crippen LogP contribution in [0.25, 0.3) is 0 Å². The van der Waals surface area contributed by atoms with Gasteiger partial charge in [-0.2, -0.15) is 10.4 Å². The minimum absolute atomic E-state index is 0.268. The highest BCUT2D eigenvalue weighted by Crippen LogP contribution is 2.36. The predicted molar refractivity (Wildman–Crippen MR) is 75.4 cm³/mol. The number of ether oxygens (including phenoxy) is 1. The van der Waals surface area contributed by atoms with Crippen molar-refractivity contribution < 1.29 is 4.74 Å². The van der Waals surface area contributed by atoms with Crippen molar-refractivity contribution in [2.24, 2.45) is 0 Å². The van der Waals surface area contributed by atoms with Gasteiger partial charge < -0.3 is 10.1 Å². The van der Waals surface area contributed by atoms with Gasteiger partial charge in [-0.15, -0.1) is 5.10 Å². The lowest BCUT2D eigenvalue weighted by Crippen LogP contribution is -2.31.